The molecule has 0 bridgehead atoms. The summed E-state index contributed by atoms with van der Waals surface area (Å²) in [5.74, 6) is 3.58. The fourth-order valence-corrected chi connectivity index (χ4v) is 3.57. The topological polar surface area (TPSA) is 21.3 Å². The molecule has 1 fully saturated rings. The van der Waals surface area contributed by atoms with E-state index >= 15 is 0 Å². The summed E-state index contributed by atoms with van der Waals surface area (Å²) in [6.45, 7) is 5.73. The maximum absolute atomic E-state index is 5.75. The molecule has 2 nitrogen and oxygen atoms in total. The fraction of sp³-hybridized carbons (Fsp3) is 0.647. The normalized spacial score (nSPS) is 30.5. The van der Waals surface area contributed by atoms with E-state index in [0.29, 0.717) is 5.92 Å². The molecule has 0 radical (unpaired) electrons. The molecule has 1 aromatic rings. The highest BCUT2D eigenvalue weighted by molar-refractivity contribution is 5.37. The van der Waals surface area contributed by atoms with Crippen LogP contribution in [0.5, 0.6) is 5.75 Å². The first kappa shape index (κ1) is 13.0. The molecule has 1 aromatic carbocycles. The standard InChI is InChI=1S/C17H25NO/c1-13-8-10-18-12-15(13)7-6-14-9-11-19-17-5-3-2-4-16(14)17/h2-5,13-15,18H,6-12H2,1H3. The maximum atomic E-state index is 5.75. The van der Waals surface area contributed by atoms with Crippen LogP contribution in [0.15, 0.2) is 24.3 Å². The van der Waals surface area contributed by atoms with Gasteiger partial charge in [-0.1, -0.05) is 25.1 Å². The molecule has 19 heavy (non-hydrogen) atoms. The summed E-state index contributed by atoms with van der Waals surface area (Å²) in [5.41, 5.74) is 1.44. The fourth-order valence-electron chi connectivity index (χ4n) is 3.57. The lowest BCUT2D eigenvalue weighted by molar-refractivity contribution is 0.228. The number of nitrogens with one attached hydrogen (secondary N) is 1. The van der Waals surface area contributed by atoms with Gasteiger partial charge in [-0.2, -0.15) is 0 Å². The molecule has 3 unspecified atom stereocenters. The smallest absolute Gasteiger partial charge is 0.122 e. The number of hydrogen-bond acceptors (Lipinski definition) is 2. The molecule has 0 aliphatic carbocycles. The van der Waals surface area contributed by atoms with Crippen LogP contribution in [0.3, 0.4) is 0 Å². The predicted molar refractivity (Wildman–Crippen MR) is 78.7 cm³/mol. The third-order valence-electron chi connectivity index (χ3n) is 4.96. The Hall–Kier alpha value is -1.02. The second-order valence-corrected chi connectivity index (χ2v) is 6.18. The Labute approximate surface area is 116 Å². The van der Waals surface area contributed by atoms with E-state index in [-0.39, 0.29) is 0 Å². The Kier molecular flexibility index (Phi) is 4.07. The molecule has 0 spiro atoms. The first-order valence-electron chi connectivity index (χ1n) is 7.77. The number of para-hydroxylation sites is 1. The number of piperidine rings is 1. The van der Waals surface area contributed by atoms with Crippen molar-refractivity contribution in [3.05, 3.63) is 29.8 Å². The molecule has 2 aliphatic heterocycles. The maximum Gasteiger partial charge on any atom is 0.122 e. The molecule has 0 saturated carbocycles. The van der Waals surface area contributed by atoms with Crippen LogP contribution < -0.4 is 10.1 Å². The lowest BCUT2D eigenvalue weighted by atomic mass is 9.80. The van der Waals surface area contributed by atoms with Crippen LogP contribution in [0.1, 0.15) is 44.1 Å². The Morgan fingerprint density at radius 3 is 3.00 bits per heavy atom. The average Bonchev–Trinajstić information content (AvgIpc) is 2.46. The molecule has 1 N–H and O–H groups in total. The van der Waals surface area contributed by atoms with E-state index < -0.39 is 0 Å². The summed E-state index contributed by atoms with van der Waals surface area (Å²) in [4.78, 5) is 0. The summed E-state index contributed by atoms with van der Waals surface area (Å²) in [6.07, 6.45) is 5.20. The van der Waals surface area contributed by atoms with Crippen molar-refractivity contribution in [1.82, 2.24) is 5.32 Å². The predicted octanol–water partition coefficient (Wildman–Crippen LogP) is 3.58. The van der Waals surface area contributed by atoms with E-state index in [2.05, 4.69) is 36.5 Å². The van der Waals surface area contributed by atoms with Gasteiger partial charge in [-0.15, -0.1) is 0 Å². The quantitative estimate of drug-likeness (QED) is 0.896. The zero-order valence-corrected chi connectivity index (χ0v) is 11.9. The van der Waals surface area contributed by atoms with Crippen molar-refractivity contribution in [2.45, 2.75) is 38.5 Å². The van der Waals surface area contributed by atoms with Gasteiger partial charge in [0, 0.05) is 0 Å². The van der Waals surface area contributed by atoms with Crippen LogP contribution in [-0.4, -0.2) is 19.7 Å². The zero-order valence-electron chi connectivity index (χ0n) is 11.9. The highest BCUT2D eigenvalue weighted by Crippen LogP contribution is 2.37. The van der Waals surface area contributed by atoms with Crippen LogP contribution in [0, 0.1) is 11.8 Å². The van der Waals surface area contributed by atoms with Crippen LogP contribution in [0.25, 0.3) is 0 Å². The van der Waals surface area contributed by atoms with Gasteiger partial charge in [0.15, 0.2) is 0 Å². The summed E-state index contributed by atoms with van der Waals surface area (Å²) < 4.78 is 5.75. The minimum atomic E-state index is 0.707. The second-order valence-electron chi connectivity index (χ2n) is 6.18. The van der Waals surface area contributed by atoms with E-state index in [1.54, 1.807) is 0 Å². The Morgan fingerprint density at radius 1 is 1.21 bits per heavy atom. The lowest BCUT2D eigenvalue weighted by Gasteiger charge is -2.32. The van der Waals surface area contributed by atoms with Crippen molar-refractivity contribution in [1.29, 1.82) is 0 Å². The average molecular weight is 259 g/mol. The van der Waals surface area contributed by atoms with Gasteiger partial charge < -0.3 is 10.1 Å². The largest absolute Gasteiger partial charge is 0.493 e. The van der Waals surface area contributed by atoms with Gasteiger partial charge in [0.1, 0.15) is 5.75 Å². The molecule has 1 saturated heterocycles. The molecule has 104 valence electrons. The lowest BCUT2D eigenvalue weighted by Crippen LogP contribution is -2.35. The van der Waals surface area contributed by atoms with Gasteiger partial charge in [-0.25, -0.2) is 0 Å². The van der Waals surface area contributed by atoms with Gasteiger partial charge in [0.25, 0.3) is 0 Å². The number of ether oxygens (including phenoxy) is 1. The highest BCUT2D eigenvalue weighted by atomic mass is 16.5. The van der Waals surface area contributed by atoms with Crippen LogP contribution in [-0.2, 0) is 0 Å². The second kappa shape index (κ2) is 5.96. The third kappa shape index (κ3) is 2.94. The highest BCUT2D eigenvalue weighted by Gasteiger charge is 2.25. The van der Waals surface area contributed by atoms with Gasteiger partial charge in [0.2, 0.25) is 0 Å². The number of benzene rings is 1. The first-order chi connectivity index (χ1) is 9.34. The summed E-state index contributed by atoms with van der Waals surface area (Å²) >= 11 is 0. The number of rotatable bonds is 3. The summed E-state index contributed by atoms with van der Waals surface area (Å²) in [6, 6.07) is 8.59. The number of hydrogen-bond donors (Lipinski definition) is 1. The van der Waals surface area contributed by atoms with Crippen molar-refractivity contribution in [2.75, 3.05) is 19.7 Å². The summed E-state index contributed by atoms with van der Waals surface area (Å²) in [7, 11) is 0. The molecule has 0 amide bonds. The molecule has 0 aromatic heterocycles. The zero-order chi connectivity index (χ0) is 13.1. The van der Waals surface area contributed by atoms with Crippen molar-refractivity contribution >= 4 is 0 Å². The van der Waals surface area contributed by atoms with Crippen LogP contribution >= 0.6 is 0 Å². The van der Waals surface area contributed by atoms with Crippen molar-refractivity contribution in [3.63, 3.8) is 0 Å². The molecule has 3 atom stereocenters. The monoisotopic (exact) mass is 259 g/mol. The minimum Gasteiger partial charge on any atom is -0.493 e. The number of fused-ring (bicyclic) bond motifs is 1. The summed E-state index contributed by atoms with van der Waals surface area (Å²) in [5, 5.41) is 3.55. The van der Waals surface area contributed by atoms with E-state index in [4.69, 9.17) is 4.74 Å². The van der Waals surface area contributed by atoms with E-state index in [0.717, 1.165) is 24.2 Å². The molecule has 2 aliphatic rings. The van der Waals surface area contributed by atoms with Crippen molar-refractivity contribution < 1.29 is 4.74 Å². The minimum absolute atomic E-state index is 0.707. The first-order valence-corrected chi connectivity index (χ1v) is 7.77. The Morgan fingerprint density at radius 2 is 2.11 bits per heavy atom. The van der Waals surface area contributed by atoms with Crippen molar-refractivity contribution in [2.24, 2.45) is 11.8 Å². The van der Waals surface area contributed by atoms with Gasteiger partial charge in [-0.3, -0.25) is 0 Å². The van der Waals surface area contributed by atoms with Crippen LogP contribution in [0.2, 0.25) is 0 Å². The molecular weight excluding hydrogens is 234 g/mol. The van der Waals surface area contributed by atoms with Gasteiger partial charge in [0.05, 0.1) is 6.61 Å². The van der Waals surface area contributed by atoms with Crippen LogP contribution in [0.4, 0.5) is 0 Å². The van der Waals surface area contributed by atoms with E-state index in [1.165, 1.54) is 44.3 Å². The Balaban J connectivity index is 1.61. The molecule has 2 heteroatoms. The van der Waals surface area contributed by atoms with E-state index in [1.807, 2.05) is 0 Å². The Bertz CT molecular complexity index is 417. The van der Waals surface area contributed by atoms with Gasteiger partial charge >= 0.3 is 0 Å². The molecule has 3 rings (SSSR count). The molecular formula is C17H25NO. The SMILES string of the molecule is CC1CCNCC1CCC1CCOc2ccccc21. The van der Waals surface area contributed by atoms with E-state index in [9.17, 15) is 0 Å². The third-order valence-corrected chi connectivity index (χ3v) is 4.96. The van der Waals surface area contributed by atoms with Gasteiger partial charge in [-0.05, 0) is 68.2 Å². The molecule has 2 heterocycles. The van der Waals surface area contributed by atoms with Crippen molar-refractivity contribution in [3.8, 4) is 5.75 Å².